The highest BCUT2D eigenvalue weighted by molar-refractivity contribution is 6.30. The molecule has 0 aliphatic carbocycles. The van der Waals surface area contributed by atoms with Crippen LogP contribution in [0.1, 0.15) is 17.9 Å². The molecule has 0 saturated carbocycles. The molecular weight excluding hydrogens is 242 g/mol. The van der Waals surface area contributed by atoms with Crippen molar-refractivity contribution in [3.63, 3.8) is 0 Å². The summed E-state index contributed by atoms with van der Waals surface area (Å²) in [6.07, 6.45) is 0.890. The number of hydrogen-bond donors (Lipinski definition) is 0. The highest BCUT2D eigenvalue weighted by Crippen LogP contribution is 2.31. The molecule has 1 aliphatic rings. The molecule has 1 aliphatic heterocycles. The van der Waals surface area contributed by atoms with Gasteiger partial charge in [-0.25, -0.2) is 0 Å². The van der Waals surface area contributed by atoms with Gasteiger partial charge < -0.3 is 4.74 Å². The maximum absolute atomic E-state index is 10.7. The van der Waals surface area contributed by atoms with E-state index in [9.17, 15) is 10.1 Å². The van der Waals surface area contributed by atoms with Crippen LogP contribution in [0.4, 0.5) is 0 Å². The highest BCUT2D eigenvalue weighted by Gasteiger charge is 2.30. The summed E-state index contributed by atoms with van der Waals surface area (Å²) in [6.45, 7) is 1.27. The number of halogens is 1. The summed E-state index contributed by atoms with van der Waals surface area (Å²) < 4.78 is 5.32. The summed E-state index contributed by atoms with van der Waals surface area (Å²) in [7, 11) is 0. The van der Waals surface area contributed by atoms with Crippen LogP contribution in [0.2, 0.25) is 5.02 Å². The van der Waals surface area contributed by atoms with Gasteiger partial charge in [0.2, 0.25) is 6.54 Å². The van der Waals surface area contributed by atoms with Gasteiger partial charge in [0, 0.05) is 16.6 Å². The van der Waals surface area contributed by atoms with Crippen LogP contribution >= 0.6 is 11.6 Å². The first-order valence-corrected chi connectivity index (χ1v) is 5.99. The van der Waals surface area contributed by atoms with Crippen molar-refractivity contribution in [3.05, 3.63) is 45.0 Å². The van der Waals surface area contributed by atoms with Crippen molar-refractivity contribution in [2.45, 2.75) is 12.3 Å². The Balaban J connectivity index is 2.19. The van der Waals surface area contributed by atoms with Gasteiger partial charge in [0.15, 0.2) is 0 Å². The first-order valence-electron chi connectivity index (χ1n) is 5.62. The number of rotatable bonds is 4. The monoisotopic (exact) mass is 255 g/mol. The first-order chi connectivity index (χ1) is 8.16. The van der Waals surface area contributed by atoms with Crippen LogP contribution in [0.15, 0.2) is 24.3 Å². The molecule has 0 aromatic heterocycles. The first kappa shape index (κ1) is 12.3. The lowest BCUT2D eigenvalue weighted by Crippen LogP contribution is -2.21. The molecule has 17 heavy (non-hydrogen) atoms. The van der Waals surface area contributed by atoms with Crippen LogP contribution < -0.4 is 0 Å². The van der Waals surface area contributed by atoms with Crippen LogP contribution in [0.25, 0.3) is 0 Å². The third kappa shape index (κ3) is 3.17. The minimum Gasteiger partial charge on any atom is -0.381 e. The van der Waals surface area contributed by atoms with Crippen molar-refractivity contribution in [3.8, 4) is 0 Å². The van der Waals surface area contributed by atoms with Crippen molar-refractivity contribution >= 4 is 11.6 Å². The van der Waals surface area contributed by atoms with Gasteiger partial charge in [-0.3, -0.25) is 10.1 Å². The number of benzene rings is 1. The lowest BCUT2D eigenvalue weighted by molar-refractivity contribution is -0.484. The van der Waals surface area contributed by atoms with Gasteiger partial charge in [0.1, 0.15) is 0 Å². The van der Waals surface area contributed by atoms with Crippen LogP contribution in [0, 0.1) is 16.0 Å². The molecule has 1 unspecified atom stereocenters. The Kier molecular flexibility index (Phi) is 3.97. The van der Waals surface area contributed by atoms with Crippen molar-refractivity contribution < 1.29 is 9.66 Å². The Morgan fingerprint density at radius 1 is 1.47 bits per heavy atom. The van der Waals surface area contributed by atoms with Crippen molar-refractivity contribution in [2.75, 3.05) is 19.8 Å². The maximum Gasteiger partial charge on any atom is 0.211 e. The van der Waals surface area contributed by atoms with E-state index >= 15 is 0 Å². The second-order valence-corrected chi connectivity index (χ2v) is 4.73. The Morgan fingerprint density at radius 3 is 2.71 bits per heavy atom. The van der Waals surface area contributed by atoms with E-state index < -0.39 is 0 Å². The predicted molar refractivity (Wildman–Crippen MR) is 65.0 cm³/mol. The van der Waals surface area contributed by atoms with E-state index in [0.29, 0.717) is 18.2 Å². The van der Waals surface area contributed by atoms with Gasteiger partial charge >= 0.3 is 0 Å². The summed E-state index contributed by atoms with van der Waals surface area (Å²) in [6, 6.07) is 7.29. The predicted octanol–water partition coefficient (Wildman–Crippen LogP) is 2.74. The van der Waals surface area contributed by atoms with E-state index in [-0.39, 0.29) is 23.3 Å². The molecule has 0 N–H and O–H groups in total. The number of ether oxygens (including phenoxy) is 1. The Morgan fingerprint density at radius 2 is 2.18 bits per heavy atom. The summed E-state index contributed by atoms with van der Waals surface area (Å²) in [4.78, 5) is 10.5. The van der Waals surface area contributed by atoms with Crippen molar-refractivity contribution in [1.29, 1.82) is 0 Å². The van der Waals surface area contributed by atoms with Crippen molar-refractivity contribution in [2.24, 2.45) is 5.92 Å². The third-order valence-electron chi connectivity index (χ3n) is 3.18. The Labute approximate surface area is 105 Å². The molecule has 92 valence electrons. The summed E-state index contributed by atoms with van der Waals surface area (Å²) in [5.74, 6) is 0.159. The van der Waals surface area contributed by atoms with E-state index in [1.807, 2.05) is 12.1 Å². The molecule has 1 saturated heterocycles. The minimum absolute atomic E-state index is 0.0460. The molecular formula is C12H14ClNO3. The smallest absolute Gasteiger partial charge is 0.211 e. The van der Waals surface area contributed by atoms with Gasteiger partial charge in [-0.2, -0.15) is 0 Å². The fourth-order valence-corrected chi connectivity index (χ4v) is 2.39. The number of nitrogens with zero attached hydrogens (tertiary/aromatic N) is 1. The average molecular weight is 256 g/mol. The van der Waals surface area contributed by atoms with Gasteiger partial charge in [-0.05, 0) is 30.0 Å². The molecule has 2 atom stereocenters. The largest absolute Gasteiger partial charge is 0.381 e. The molecule has 0 radical (unpaired) electrons. The van der Waals surface area contributed by atoms with E-state index in [0.717, 1.165) is 12.0 Å². The molecule has 1 aromatic rings. The summed E-state index contributed by atoms with van der Waals surface area (Å²) >= 11 is 5.82. The number of nitro groups is 1. The molecule has 0 spiro atoms. The highest BCUT2D eigenvalue weighted by atomic mass is 35.5. The van der Waals surface area contributed by atoms with Crippen LogP contribution in [0.3, 0.4) is 0 Å². The molecule has 5 heteroatoms. The Bertz CT molecular complexity index is 387. The van der Waals surface area contributed by atoms with Crippen LogP contribution in [-0.2, 0) is 4.74 Å². The summed E-state index contributed by atoms with van der Waals surface area (Å²) in [5, 5.41) is 11.4. The molecule has 0 bridgehead atoms. The lowest BCUT2D eigenvalue weighted by atomic mass is 9.85. The molecule has 2 rings (SSSR count). The van der Waals surface area contributed by atoms with E-state index in [2.05, 4.69) is 0 Å². The normalized spacial score (nSPS) is 21.4. The SMILES string of the molecule is O=[N+]([O-])C[C@@H](c1ccc(Cl)cc1)C1CCOC1. The zero-order valence-corrected chi connectivity index (χ0v) is 10.1. The molecule has 1 heterocycles. The van der Waals surface area contributed by atoms with Gasteiger partial charge in [0.25, 0.3) is 0 Å². The second kappa shape index (κ2) is 5.47. The quantitative estimate of drug-likeness (QED) is 0.614. The van der Waals surface area contributed by atoms with E-state index in [1.165, 1.54) is 0 Å². The standard InChI is InChI=1S/C12H14ClNO3/c13-11-3-1-9(2-4-11)12(7-14(15)16)10-5-6-17-8-10/h1-4,10,12H,5-8H2/t10?,12-/m0/s1. The Hall–Kier alpha value is -1.13. The lowest BCUT2D eigenvalue weighted by Gasteiger charge is -2.18. The molecule has 1 aromatic carbocycles. The average Bonchev–Trinajstić information content (AvgIpc) is 2.80. The van der Waals surface area contributed by atoms with Gasteiger partial charge in [-0.1, -0.05) is 23.7 Å². The minimum atomic E-state index is -0.252. The van der Waals surface area contributed by atoms with Crippen LogP contribution in [-0.4, -0.2) is 24.7 Å². The van der Waals surface area contributed by atoms with Crippen molar-refractivity contribution in [1.82, 2.24) is 0 Å². The molecule has 1 fully saturated rings. The van der Waals surface area contributed by atoms with Gasteiger partial charge in [-0.15, -0.1) is 0 Å². The zero-order valence-electron chi connectivity index (χ0n) is 9.34. The fourth-order valence-electron chi connectivity index (χ4n) is 2.27. The molecule has 0 amide bonds. The molecule has 4 nitrogen and oxygen atoms in total. The second-order valence-electron chi connectivity index (χ2n) is 4.30. The topological polar surface area (TPSA) is 52.4 Å². The maximum atomic E-state index is 10.7. The zero-order chi connectivity index (χ0) is 12.3. The van der Waals surface area contributed by atoms with E-state index in [1.54, 1.807) is 12.1 Å². The van der Waals surface area contributed by atoms with Crippen LogP contribution in [0.5, 0.6) is 0 Å². The number of hydrogen-bond acceptors (Lipinski definition) is 3. The van der Waals surface area contributed by atoms with E-state index in [4.69, 9.17) is 16.3 Å². The third-order valence-corrected chi connectivity index (χ3v) is 3.43. The summed E-state index contributed by atoms with van der Waals surface area (Å²) in [5.41, 5.74) is 0.974. The fraction of sp³-hybridized carbons (Fsp3) is 0.500. The van der Waals surface area contributed by atoms with Gasteiger partial charge in [0.05, 0.1) is 12.5 Å².